The molecule has 1 heterocycles. The van der Waals surface area contributed by atoms with Crippen molar-refractivity contribution in [3.05, 3.63) is 35.4 Å². The first-order valence-corrected chi connectivity index (χ1v) is 8.76. The average molecular weight is 292 g/mol. The molecule has 20 heavy (non-hydrogen) atoms. The Morgan fingerprint density at radius 3 is 2.35 bits per heavy atom. The summed E-state index contributed by atoms with van der Waals surface area (Å²) in [7, 11) is 0. The van der Waals surface area contributed by atoms with Gasteiger partial charge < -0.3 is 0 Å². The highest BCUT2D eigenvalue weighted by Gasteiger charge is 2.30. The lowest BCUT2D eigenvalue weighted by Gasteiger charge is -2.39. The molecule has 0 unspecified atom stereocenters. The Kier molecular flexibility index (Phi) is 5.98. The molecule has 0 saturated heterocycles. The predicted octanol–water partition coefficient (Wildman–Crippen LogP) is 4.56. The summed E-state index contributed by atoms with van der Waals surface area (Å²) < 4.78 is 0. The molecule has 1 nitrogen and oxygen atoms in total. The normalized spacial score (nSPS) is 16.1. The van der Waals surface area contributed by atoms with Crippen LogP contribution in [0.2, 0.25) is 0 Å². The minimum atomic E-state index is 0.416. The number of hydrogen-bond donors (Lipinski definition) is 1. The Bertz CT molecular complexity index is 410. The van der Waals surface area contributed by atoms with Crippen LogP contribution in [0.25, 0.3) is 0 Å². The standard InChI is InChI=1S/C18H29NS/c1-3-10-18(15-20,11-4-2)14-19-12-9-16-7-5-6-8-17(16)13-19/h5-8,20H,3-4,9-15H2,1-2H3. The molecule has 0 bridgehead atoms. The fourth-order valence-electron chi connectivity index (χ4n) is 3.72. The van der Waals surface area contributed by atoms with Gasteiger partial charge in [0.05, 0.1) is 0 Å². The highest BCUT2D eigenvalue weighted by molar-refractivity contribution is 7.80. The van der Waals surface area contributed by atoms with E-state index in [-0.39, 0.29) is 0 Å². The van der Waals surface area contributed by atoms with Crippen molar-refractivity contribution < 1.29 is 0 Å². The molecule has 0 N–H and O–H groups in total. The van der Waals surface area contributed by atoms with Gasteiger partial charge in [0.1, 0.15) is 0 Å². The third kappa shape index (κ3) is 3.79. The minimum absolute atomic E-state index is 0.416. The zero-order valence-electron chi connectivity index (χ0n) is 13.1. The van der Waals surface area contributed by atoms with Crippen LogP contribution < -0.4 is 0 Å². The predicted molar refractivity (Wildman–Crippen MR) is 91.5 cm³/mol. The van der Waals surface area contributed by atoms with E-state index < -0.39 is 0 Å². The molecule has 0 spiro atoms. The van der Waals surface area contributed by atoms with Gasteiger partial charge in [0.15, 0.2) is 0 Å². The summed E-state index contributed by atoms with van der Waals surface area (Å²) in [5, 5.41) is 0. The van der Waals surface area contributed by atoms with E-state index in [0.29, 0.717) is 5.41 Å². The third-order valence-corrected chi connectivity index (χ3v) is 5.34. The molecule has 1 aliphatic heterocycles. The lowest BCUT2D eigenvalue weighted by molar-refractivity contribution is 0.135. The molecule has 0 saturated carbocycles. The Morgan fingerprint density at radius 1 is 1.10 bits per heavy atom. The average Bonchev–Trinajstić information content (AvgIpc) is 2.47. The van der Waals surface area contributed by atoms with Crippen molar-refractivity contribution in [1.29, 1.82) is 0 Å². The van der Waals surface area contributed by atoms with E-state index in [0.717, 1.165) is 12.3 Å². The zero-order chi connectivity index (χ0) is 14.4. The van der Waals surface area contributed by atoms with E-state index >= 15 is 0 Å². The number of rotatable bonds is 7. The van der Waals surface area contributed by atoms with Crippen LogP contribution in [0.15, 0.2) is 24.3 Å². The van der Waals surface area contributed by atoms with E-state index in [9.17, 15) is 0 Å². The fraction of sp³-hybridized carbons (Fsp3) is 0.667. The molecule has 1 aromatic rings. The van der Waals surface area contributed by atoms with Gasteiger partial charge in [0, 0.05) is 19.6 Å². The smallest absolute Gasteiger partial charge is 0.0236 e. The van der Waals surface area contributed by atoms with Gasteiger partial charge in [-0.25, -0.2) is 0 Å². The maximum Gasteiger partial charge on any atom is 0.0236 e. The lowest BCUT2D eigenvalue weighted by Crippen LogP contribution is -2.41. The van der Waals surface area contributed by atoms with Crippen molar-refractivity contribution in [2.24, 2.45) is 5.41 Å². The van der Waals surface area contributed by atoms with Crippen molar-refractivity contribution in [1.82, 2.24) is 4.90 Å². The Morgan fingerprint density at radius 2 is 1.75 bits per heavy atom. The van der Waals surface area contributed by atoms with Gasteiger partial charge in [-0.15, -0.1) is 0 Å². The third-order valence-electron chi connectivity index (χ3n) is 4.66. The second kappa shape index (κ2) is 7.51. The topological polar surface area (TPSA) is 3.24 Å². The first-order chi connectivity index (χ1) is 9.73. The molecule has 0 radical (unpaired) electrons. The van der Waals surface area contributed by atoms with E-state index in [1.807, 2.05) is 0 Å². The lowest BCUT2D eigenvalue weighted by atomic mass is 9.80. The summed E-state index contributed by atoms with van der Waals surface area (Å²) in [5.41, 5.74) is 3.49. The van der Waals surface area contributed by atoms with E-state index in [1.165, 1.54) is 50.8 Å². The Balaban J connectivity index is 2.05. The highest BCUT2D eigenvalue weighted by atomic mass is 32.1. The molecular weight excluding hydrogens is 262 g/mol. The van der Waals surface area contributed by atoms with Crippen LogP contribution in [-0.2, 0) is 13.0 Å². The summed E-state index contributed by atoms with van der Waals surface area (Å²) >= 11 is 4.70. The number of fused-ring (bicyclic) bond motifs is 1. The maximum absolute atomic E-state index is 4.70. The van der Waals surface area contributed by atoms with Crippen molar-refractivity contribution >= 4 is 12.6 Å². The summed E-state index contributed by atoms with van der Waals surface area (Å²) in [4.78, 5) is 2.66. The molecule has 0 atom stereocenters. The van der Waals surface area contributed by atoms with Gasteiger partial charge in [0.2, 0.25) is 0 Å². The fourth-order valence-corrected chi connectivity index (χ4v) is 4.13. The number of nitrogens with zero attached hydrogens (tertiary/aromatic N) is 1. The molecule has 1 aliphatic rings. The van der Waals surface area contributed by atoms with E-state index in [4.69, 9.17) is 12.6 Å². The minimum Gasteiger partial charge on any atom is -0.298 e. The molecular formula is C18H29NS. The van der Waals surface area contributed by atoms with Crippen molar-refractivity contribution in [3.8, 4) is 0 Å². The van der Waals surface area contributed by atoms with Crippen LogP contribution in [0, 0.1) is 5.41 Å². The monoisotopic (exact) mass is 291 g/mol. The Hall–Kier alpha value is -0.470. The highest BCUT2D eigenvalue weighted by Crippen LogP contribution is 2.34. The van der Waals surface area contributed by atoms with E-state index in [1.54, 1.807) is 5.56 Å². The zero-order valence-corrected chi connectivity index (χ0v) is 14.0. The van der Waals surface area contributed by atoms with E-state index in [2.05, 4.69) is 43.0 Å². The second-order valence-corrected chi connectivity index (χ2v) is 6.70. The van der Waals surface area contributed by atoms with Crippen LogP contribution >= 0.6 is 12.6 Å². The van der Waals surface area contributed by atoms with Crippen molar-refractivity contribution in [2.45, 2.75) is 52.5 Å². The first kappa shape index (κ1) is 15.9. The summed E-state index contributed by atoms with van der Waals surface area (Å²) in [5.74, 6) is 1.02. The van der Waals surface area contributed by atoms with Crippen LogP contribution in [0.1, 0.15) is 50.7 Å². The van der Waals surface area contributed by atoms with Crippen LogP contribution in [0.5, 0.6) is 0 Å². The van der Waals surface area contributed by atoms with Crippen LogP contribution in [0.3, 0.4) is 0 Å². The molecule has 1 aromatic carbocycles. The quantitative estimate of drug-likeness (QED) is 0.721. The SMILES string of the molecule is CCCC(CS)(CCC)CN1CCc2ccccc2C1. The van der Waals surface area contributed by atoms with Gasteiger partial charge in [-0.3, -0.25) is 4.90 Å². The Labute approximate surface area is 130 Å². The first-order valence-electron chi connectivity index (χ1n) is 8.13. The molecule has 112 valence electrons. The molecule has 2 heteroatoms. The molecule has 0 fully saturated rings. The molecule has 0 aromatic heterocycles. The van der Waals surface area contributed by atoms with Gasteiger partial charge in [-0.2, -0.15) is 12.6 Å². The molecule has 0 amide bonds. The largest absolute Gasteiger partial charge is 0.298 e. The molecule has 2 rings (SSSR count). The van der Waals surface area contributed by atoms with Gasteiger partial charge >= 0.3 is 0 Å². The molecule has 0 aliphatic carbocycles. The van der Waals surface area contributed by atoms with Crippen molar-refractivity contribution in [2.75, 3.05) is 18.8 Å². The van der Waals surface area contributed by atoms with Gasteiger partial charge in [-0.05, 0) is 41.6 Å². The number of benzene rings is 1. The second-order valence-electron chi connectivity index (χ2n) is 6.39. The van der Waals surface area contributed by atoms with Crippen molar-refractivity contribution in [3.63, 3.8) is 0 Å². The maximum atomic E-state index is 4.70. The van der Waals surface area contributed by atoms with Gasteiger partial charge in [-0.1, -0.05) is 51.0 Å². The summed E-state index contributed by atoms with van der Waals surface area (Å²) in [6.45, 7) is 8.16. The van der Waals surface area contributed by atoms with Gasteiger partial charge in [0.25, 0.3) is 0 Å². The number of hydrogen-bond acceptors (Lipinski definition) is 2. The number of thiol groups is 1. The summed E-state index contributed by atoms with van der Waals surface area (Å²) in [6, 6.07) is 8.92. The summed E-state index contributed by atoms with van der Waals surface area (Å²) in [6.07, 6.45) is 6.36. The van der Waals surface area contributed by atoms with Crippen LogP contribution in [-0.4, -0.2) is 23.7 Å². The van der Waals surface area contributed by atoms with Crippen LogP contribution in [0.4, 0.5) is 0 Å².